The lowest BCUT2D eigenvalue weighted by molar-refractivity contribution is -0.139. The van der Waals surface area contributed by atoms with Crippen molar-refractivity contribution in [2.75, 3.05) is 0 Å². The summed E-state index contributed by atoms with van der Waals surface area (Å²) in [4.78, 5) is 11.4. The van der Waals surface area contributed by atoms with E-state index in [9.17, 15) is 9.90 Å². The van der Waals surface area contributed by atoms with Crippen LogP contribution in [0.4, 0.5) is 0 Å². The molecule has 0 aromatic carbocycles. The highest BCUT2D eigenvalue weighted by atomic mass is 16.4. The van der Waals surface area contributed by atoms with Crippen LogP contribution >= 0.6 is 0 Å². The Labute approximate surface area is 173 Å². The second kappa shape index (κ2) is 10.5. The van der Waals surface area contributed by atoms with E-state index in [0.717, 1.165) is 19.3 Å². The summed E-state index contributed by atoms with van der Waals surface area (Å²) in [6.07, 6.45) is 17.1. The molecule has 0 saturated heterocycles. The summed E-state index contributed by atoms with van der Waals surface area (Å²) in [7, 11) is 0. The molecule has 2 nitrogen and oxygen atoms in total. The molecule has 158 valence electrons. The lowest BCUT2D eigenvalue weighted by atomic mass is 9.55. The highest BCUT2D eigenvalue weighted by molar-refractivity contribution is 5.67. The number of rotatable bonds is 8. The van der Waals surface area contributed by atoms with Gasteiger partial charge < -0.3 is 5.11 Å². The summed E-state index contributed by atoms with van der Waals surface area (Å²) in [6, 6.07) is 0. The largest absolute Gasteiger partial charge is 0.481 e. The summed E-state index contributed by atoms with van der Waals surface area (Å²) in [6.45, 7) is 13.4. The van der Waals surface area contributed by atoms with Crippen LogP contribution in [-0.2, 0) is 4.79 Å². The number of allylic oxidation sites excluding steroid dienone is 5. The zero-order valence-electron chi connectivity index (χ0n) is 18.7. The Balaban J connectivity index is 2.33. The van der Waals surface area contributed by atoms with Gasteiger partial charge in [-0.2, -0.15) is 0 Å². The first-order chi connectivity index (χ1) is 13.3. The van der Waals surface area contributed by atoms with Gasteiger partial charge in [0.25, 0.3) is 0 Å². The molecule has 2 fully saturated rings. The van der Waals surface area contributed by atoms with E-state index in [-0.39, 0.29) is 11.3 Å². The third-order valence-corrected chi connectivity index (χ3v) is 7.61. The summed E-state index contributed by atoms with van der Waals surface area (Å²) >= 11 is 0. The number of hydrogen-bond acceptors (Lipinski definition) is 1. The topological polar surface area (TPSA) is 37.3 Å². The normalized spacial score (nSPS) is 31.1. The molecule has 1 N–H and O–H groups in total. The maximum absolute atomic E-state index is 11.4. The van der Waals surface area contributed by atoms with Crippen LogP contribution in [0.1, 0.15) is 98.3 Å². The number of aliphatic carboxylic acids is 1. The molecule has 2 aliphatic rings. The maximum Gasteiger partial charge on any atom is 0.303 e. The molecule has 2 saturated carbocycles. The van der Waals surface area contributed by atoms with Crippen molar-refractivity contribution in [3.63, 3.8) is 0 Å². The maximum atomic E-state index is 11.4. The summed E-state index contributed by atoms with van der Waals surface area (Å²) in [5, 5.41) is 9.36. The first kappa shape index (κ1) is 23.0. The fourth-order valence-corrected chi connectivity index (χ4v) is 6.08. The minimum absolute atomic E-state index is 0.246. The standard InChI is InChI=1S/C26H42O2/c1-6-11-21(19(3)7-2)15-16-22-12-10-17-26(5)23(20(4)18-25(27)28)13-8-9-14-24(22)26/h15-16,20,23-24H,3,6-14,17-18H2,1-2,4-5H3,(H,27,28)/b21-15-,22-16+/t20-,23?,24?,26-/m1/s1. The van der Waals surface area contributed by atoms with Gasteiger partial charge in [-0.15, -0.1) is 0 Å². The minimum Gasteiger partial charge on any atom is -0.481 e. The number of carboxylic acids is 1. The van der Waals surface area contributed by atoms with Crippen LogP contribution in [0.3, 0.4) is 0 Å². The van der Waals surface area contributed by atoms with Crippen LogP contribution in [0, 0.1) is 23.2 Å². The molecule has 28 heavy (non-hydrogen) atoms. The monoisotopic (exact) mass is 386 g/mol. The van der Waals surface area contributed by atoms with Gasteiger partial charge >= 0.3 is 5.97 Å². The van der Waals surface area contributed by atoms with Crippen LogP contribution in [-0.4, -0.2) is 11.1 Å². The molecule has 0 spiro atoms. The molecule has 0 radical (unpaired) electrons. The minimum atomic E-state index is -0.645. The van der Waals surface area contributed by atoms with Crippen LogP contribution in [0.15, 0.2) is 35.5 Å². The average Bonchev–Trinajstić information content (AvgIpc) is 2.82. The number of hydrogen-bond donors (Lipinski definition) is 1. The Hall–Kier alpha value is -1.31. The molecule has 0 heterocycles. The van der Waals surface area contributed by atoms with Gasteiger partial charge in [-0.3, -0.25) is 4.79 Å². The second-order valence-electron chi connectivity index (χ2n) is 9.52. The molecule has 0 aliphatic heterocycles. The van der Waals surface area contributed by atoms with E-state index in [1.54, 1.807) is 5.57 Å². The molecule has 2 rings (SSSR count). The van der Waals surface area contributed by atoms with Crippen molar-refractivity contribution >= 4 is 5.97 Å². The van der Waals surface area contributed by atoms with Crippen LogP contribution < -0.4 is 0 Å². The molecule has 0 aromatic heterocycles. The quantitative estimate of drug-likeness (QED) is 0.434. The zero-order valence-corrected chi connectivity index (χ0v) is 18.7. The van der Waals surface area contributed by atoms with Gasteiger partial charge in [-0.05, 0) is 73.7 Å². The predicted octanol–water partition coefficient (Wildman–Crippen LogP) is 7.71. The van der Waals surface area contributed by atoms with E-state index < -0.39 is 5.97 Å². The van der Waals surface area contributed by atoms with Crippen molar-refractivity contribution in [1.29, 1.82) is 0 Å². The van der Waals surface area contributed by atoms with E-state index in [0.29, 0.717) is 18.3 Å². The van der Waals surface area contributed by atoms with Crippen LogP contribution in [0.5, 0.6) is 0 Å². The average molecular weight is 387 g/mol. The van der Waals surface area contributed by atoms with E-state index in [2.05, 4.69) is 46.4 Å². The highest BCUT2D eigenvalue weighted by Gasteiger charge is 2.47. The van der Waals surface area contributed by atoms with Crippen molar-refractivity contribution in [2.24, 2.45) is 23.2 Å². The van der Waals surface area contributed by atoms with E-state index in [1.165, 1.54) is 56.1 Å². The number of carboxylic acid groups (broad SMARTS) is 1. The summed E-state index contributed by atoms with van der Waals surface area (Å²) in [5.41, 5.74) is 4.54. The van der Waals surface area contributed by atoms with E-state index >= 15 is 0 Å². The first-order valence-electron chi connectivity index (χ1n) is 11.6. The van der Waals surface area contributed by atoms with Crippen LogP contribution in [0.25, 0.3) is 0 Å². The predicted molar refractivity (Wildman–Crippen MR) is 119 cm³/mol. The SMILES string of the molecule is C=C(CC)/C(=C\C=C1/CCC[C@@]2(C)C1CCCCC2[C@H](C)CC(=O)O)CCC. The van der Waals surface area contributed by atoms with Gasteiger partial charge in [0.15, 0.2) is 0 Å². The van der Waals surface area contributed by atoms with Gasteiger partial charge in [-0.1, -0.05) is 76.8 Å². The van der Waals surface area contributed by atoms with E-state index in [1.807, 2.05) is 0 Å². The number of carbonyl (C=O) groups is 1. The first-order valence-corrected chi connectivity index (χ1v) is 11.6. The Morgan fingerprint density at radius 1 is 1.29 bits per heavy atom. The van der Waals surface area contributed by atoms with Crippen molar-refractivity contribution in [3.05, 3.63) is 35.5 Å². The Kier molecular flexibility index (Phi) is 8.58. The molecule has 0 aromatic rings. The Morgan fingerprint density at radius 3 is 2.64 bits per heavy atom. The van der Waals surface area contributed by atoms with Gasteiger partial charge in [0.2, 0.25) is 0 Å². The fraction of sp³-hybridized carbons (Fsp3) is 0.731. The highest BCUT2D eigenvalue weighted by Crippen LogP contribution is 2.56. The van der Waals surface area contributed by atoms with Gasteiger partial charge in [-0.25, -0.2) is 0 Å². The molecular formula is C26H42O2. The number of fused-ring (bicyclic) bond motifs is 1. The zero-order chi connectivity index (χ0) is 20.7. The van der Waals surface area contributed by atoms with Crippen molar-refractivity contribution in [3.8, 4) is 0 Å². The van der Waals surface area contributed by atoms with Gasteiger partial charge in [0.05, 0.1) is 0 Å². The van der Waals surface area contributed by atoms with Gasteiger partial charge in [0.1, 0.15) is 0 Å². The summed E-state index contributed by atoms with van der Waals surface area (Å²) in [5.74, 6) is 0.741. The molecule has 0 bridgehead atoms. The van der Waals surface area contributed by atoms with Crippen molar-refractivity contribution in [1.82, 2.24) is 0 Å². The molecular weight excluding hydrogens is 344 g/mol. The molecule has 4 atom stereocenters. The smallest absolute Gasteiger partial charge is 0.303 e. The van der Waals surface area contributed by atoms with Crippen LogP contribution in [0.2, 0.25) is 0 Å². The third-order valence-electron chi connectivity index (χ3n) is 7.61. The Morgan fingerprint density at radius 2 is 2.00 bits per heavy atom. The van der Waals surface area contributed by atoms with Crippen molar-refractivity contribution < 1.29 is 9.90 Å². The fourth-order valence-electron chi connectivity index (χ4n) is 6.08. The molecule has 2 heteroatoms. The van der Waals surface area contributed by atoms with E-state index in [4.69, 9.17) is 0 Å². The molecule has 2 unspecified atom stereocenters. The lowest BCUT2D eigenvalue weighted by Crippen LogP contribution is -2.41. The van der Waals surface area contributed by atoms with Crippen molar-refractivity contribution in [2.45, 2.75) is 98.3 Å². The Bertz CT molecular complexity index is 612. The second-order valence-corrected chi connectivity index (χ2v) is 9.52. The third kappa shape index (κ3) is 5.39. The van der Waals surface area contributed by atoms with Gasteiger partial charge in [0, 0.05) is 6.42 Å². The lowest BCUT2D eigenvalue weighted by Gasteiger charge is -2.49. The molecule has 2 aliphatic carbocycles. The summed E-state index contributed by atoms with van der Waals surface area (Å²) < 4.78 is 0. The molecule has 0 amide bonds.